The molecule has 2 amide bonds. The predicted octanol–water partition coefficient (Wildman–Crippen LogP) is 3.87. The molecule has 0 saturated carbocycles. The summed E-state index contributed by atoms with van der Waals surface area (Å²) in [7, 11) is 0. The Morgan fingerprint density at radius 2 is 2.07 bits per heavy atom. The van der Waals surface area contributed by atoms with E-state index in [4.69, 9.17) is 12.2 Å². The van der Waals surface area contributed by atoms with E-state index in [-0.39, 0.29) is 24.2 Å². The third-order valence-electron chi connectivity index (χ3n) is 4.71. The Labute approximate surface area is 182 Å². The molecule has 0 bridgehead atoms. The molecular weight excluding hydrogens is 421 g/mol. The second-order valence-corrected chi connectivity index (χ2v) is 8.46. The van der Waals surface area contributed by atoms with Crippen LogP contribution in [0.15, 0.2) is 59.6 Å². The molecule has 3 aromatic rings. The van der Waals surface area contributed by atoms with Crippen molar-refractivity contribution in [2.45, 2.75) is 6.42 Å². The summed E-state index contributed by atoms with van der Waals surface area (Å²) in [6.07, 6.45) is 4.20. The quantitative estimate of drug-likeness (QED) is 0.452. The van der Waals surface area contributed by atoms with Crippen LogP contribution in [0.2, 0.25) is 0 Å². The summed E-state index contributed by atoms with van der Waals surface area (Å²) in [5, 5.41) is 3.97. The van der Waals surface area contributed by atoms with E-state index in [0.29, 0.717) is 27.8 Å². The van der Waals surface area contributed by atoms with E-state index in [9.17, 15) is 14.0 Å². The van der Waals surface area contributed by atoms with E-state index in [1.807, 2.05) is 30.5 Å². The second kappa shape index (κ2) is 8.81. The van der Waals surface area contributed by atoms with Gasteiger partial charge in [-0.2, -0.15) is 0 Å². The summed E-state index contributed by atoms with van der Waals surface area (Å²) >= 11 is 6.36. The van der Waals surface area contributed by atoms with Crippen molar-refractivity contribution in [3.05, 3.63) is 76.6 Å². The summed E-state index contributed by atoms with van der Waals surface area (Å²) in [6, 6.07) is 13.9. The van der Waals surface area contributed by atoms with E-state index in [0.717, 1.165) is 28.2 Å². The Kier molecular flexibility index (Phi) is 5.96. The third-order valence-corrected chi connectivity index (χ3v) is 6.09. The van der Waals surface area contributed by atoms with Gasteiger partial charge in [-0.15, -0.1) is 0 Å². The lowest BCUT2D eigenvalue weighted by Gasteiger charge is -2.14. The number of amides is 2. The van der Waals surface area contributed by atoms with Gasteiger partial charge in [-0.25, -0.2) is 4.39 Å². The standard InChI is InChI=1S/C22H18FN3O2S2/c23-16-5-3-4-14(10-16)11-19-21(28)26(22(29)30-19)13-20(27)24-9-8-15-12-25-18-7-2-1-6-17(15)18/h1-7,10-12,25H,8-9,13H2,(H,24,27). The molecule has 0 atom stereocenters. The Balaban J connectivity index is 1.34. The zero-order valence-corrected chi connectivity index (χ0v) is 17.5. The van der Waals surface area contributed by atoms with Gasteiger partial charge in [0.05, 0.1) is 4.91 Å². The Morgan fingerprint density at radius 3 is 2.90 bits per heavy atom. The number of nitrogens with zero attached hydrogens (tertiary/aromatic N) is 1. The molecule has 30 heavy (non-hydrogen) atoms. The van der Waals surface area contributed by atoms with E-state index in [1.54, 1.807) is 18.2 Å². The van der Waals surface area contributed by atoms with E-state index in [1.165, 1.54) is 17.0 Å². The van der Waals surface area contributed by atoms with Gasteiger partial charge in [0.2, 0.25) is 5.91 Å². The van der Waals surface area contributed by atoms with Crippen LogP contribution in [0.4, 0.5) is 4.39 Å². The van der Waals surface area contributed by atoms with E-state index < -0.39 is 0 Å². The van der Waals surface area contributed by atoms with Crippen molar-refractivity contribution >= 4 is 57.1 Å². The van der Waals surface area contributed by atoms with Gasteiger partial charge < -0.3 is 10.3 Å². The molecule has 152 valence electrons. The summed E-state index contributed by atoms with van der Waals surface area (Å²) in [5.74, 6) is -1.01. The molecule has 1 fully saturated rings. The number of fused-ring (bicyclic) bond motifs is 1. The maximum absolute atomic E-state index is 13.4. The lowest BCUT2D eigenvalue weighted by atomic mass is 10.1. The van der Waals surface area contributed by atoms with E-state index in [2.05, 4.69) is 10.3 Å². The number of hydrogen-bond acceptors (Lipinski definition) is 4. The molecule has 1 saturated heterocycles. The first-order valence-electron chi connectivity index (χ1n) is 9.34. The monoisotopic (exact) mass is 439 g/mol. The number of carbonyl (C=O) groups is 2. The molecule has 1 aliphatic rings. The van der Waals surface area contributed by atoms with Crippen molar-refractivity contribution in [1.29, 1.82) is 0 Å². The average molecular weight is 440 g/mol. The van der Waals surface area contributed by atoms with Gasteiger partial charge in [-0.3, -0.25) is 14.5 Å². The number of benzene rings is 2. The van der Waals surface area contributed by atoms with Crippen LogP contribution in [0.25, 0.3) is 17.0 Å². The van der Waals surface area contributed by atoms with Crippen LogP contribution in [0.1, 0.15) is 11.1 Å². The Bertz CT molecular complexity index is 1170. The number of hydrogen-bond donors (Lipinski definition) is 2. The lowest BCUT2D eigenvalue weighted by molar-refractivity contribution is -0.128. The highest BCUT2D eigenvalue weighted by Gasteiger charge is 2.33. The molecule has 2 N–H and O–H groups in total. The number of nitrogens with one attached hydrogen (secondary N) is 2. The molecule has 1 aliphatic heterocycles. The zero-order chi connectivity index (χ0) is 21.1. The van der Waals surface area contributed by atoms with Crippen LogP contribution < -0.4 is 5.32 Å². The van der Waals surface area contributed by atoms with Gasteiger partial charge in [0.15, 0.2) is 0 Å². The average Bonchev–Trinajstić information content (AvgIpc) is 3.24. The fourth-order valence-electron chi connectivity index (χ4n) is 3.26. The number of para-hydroxylation sites is 1. The topological polar surface area (TPSA) is 65.2 Å². The van der Waals surface area contributed by atoms with Crippen LogP contribution in [0, 0.1) is 5.82 Å². The van der Waals surface area contributed by atoms with Crippen molar-refractivity contribution in [1.82, 2.24) is 15.2 Å². The van der Waals surface area contributed by atoms with Crippen molar-refractivity contribution < 1.29 is 14.0 Å². The summed E-state index contributed by atoms with van der Waals surface area (Å²) < 4.78 is 13.7. The fourth-order valence-corrected chi connectivity index (χ4v) is 4.51. The van der Waals surface area contributed by atoms with Crippen molar-refractivity contribution in [2.24, 2.45) is 0 Å². The second-order valence-electron chi connectivity index (χ2n) is 6.78. The van der Waals surface area contributed by atoms with E-state index >= 15 is 0 Å². The molecule has 2 aromatic carbocycles. The summed E-state index contributed by atoms with van der Waals surface area (Å²) in [4.78, 5) is 29.8. The number of halogens is 1. The molecule has 0 spiro atoms. The lowest BCUT2D eigenvalue weighted by Crippen LogP contribution is -2.40. The number of thioether (sulfide) groups is 1. The van der Waals surface area contributed by atoms with Crippen molar-refractivity contribution in [3.63, 3.8) is 0 Å². The largest absolute Gasteiger partial charge is 0.361 e. The molecule has 1 aromatic heterocycles. The minimum atomic E-state index is -0.381. The van der Waals surface area contributed by atoms with Crippen molar-refractivity contribution in [2.75, 3.05) is 13.1 Å². The van der Waals surface area contributed by atoms with Gasteiger partial charge in [0, 0.05) is 23.6 Å². The first-order valence-corrected chi connectivity index (χ1v) is 10.6. The van der Waals surface area contributed by atoms with Gasteiger partial charge >= 0.3 is 0 Å². The van der Waals surface area contributed by atoms with Crippen LogP contribution in [-0.4, -0.2) is 39.1 Å². The molecule has 2 heterocycles. The number of thiocarbonyl (C=S) groups is 1. The number of carbonyl (C=O) groups excluding carboxylic acids is 2. The molecular formula is C22H18FN3O2S2. The Hall–Kier alpha value is -2.97. The highest BCUT2D eigenvalue weighted by molar-refractivity contribution is 8.26. The zero-order valence-electron chi connectivity index (χ0n) is 15.9. The smallest absolute Gasteiger partial charge is 0.266 e. The number of aromatic nitrogens is 1. The first kappa shape index (κ1) is 20.3. The molecule has 5 nitrogen and oxygen atoms in total. The molecule has 0 radical (unpaired) electrons. The number of H-pyrrole nitrogens is 1. The van der Waals surface area contributed by atoms with Gasteiger partial charge in [0.25, 0.3) is 5.91 Å². The van der Waals surface area contributed by atoms with Crippen LogP contribution in [-0.2, 0) is 16.0 Å². The highest BCUT2D eigenvalue weighted by Crippen LogP contribution is 2.32. The highest BCUT2D eigenvalue weighted by atomic mass is 32.2. The van der Waals surface area contributed by atoms with Crippen LogP contribution >= 0.6 is 24.0 Å². The van der Waals surface area contributed by atoms with Gasteiger partial charge in [-0.1, -0.05) is 54.3 Å². The maximum Gasteiger partial charge on any atom is 0.266 e. The van der Waals surface area contributed by atoms with Crippen molar-refractivity contribution in [3.8, 4) is 0 Å². The summed E-state index contributed by atoms with van der Waals surface area (Å²) in [6.45, 7) is 0.313. The van der Waals surface area contributed by atoms with Gasteiger partial charge in [0.1, 0.15) is 16.7 Å². The number of rotatable bonds is 6. The molecule has 8 heteroatoms. The number of aromatic amines is 1. The fraction of sp³-hybridized carbons (Fsp3) is 0.136. The molecule has 4 rings (SSSR count). The normalized spacial score (nSPS) is 15.4. The minimum absolute atomic E-state index is 0.140. The minimum Gasteiger partial charge on any atom is -0.361 e. The summed E-state index contributed by atoms with van der Waals surface area (Å²) in [5.41, 5.74) is 2.75. The van der Waals surface area contributed by atoms with Crippen LogP contribution in [0.3, 0.4) is 0 Å². The molecule has 0 unspecified atom stereocenters. The SMILES string of the molecule is O=C(CN1C(=O)C(=Cc2cccc(F)c2)SC1=S)NCCc1c[nH]c2ccccc12. The predicted molar refractivity (Wildman–Crippen MR) is 121 cm³/mol. The van der Waals surface area contributed by atoms with Crippen LogP contribution in [0.5, 0.6) is 0 Å². The maximum atomic E-state index is 13.4. The Morgan fingerprint density at radius 1 is 1.23 bits per heavy atom. The third kappa shape index (κ3) is 4.44. The van der Waals surface area contributed by atoms with Gasteiger partial charge in [-0.05, 0) is 41.8 Å². The molecule has 0 aliphatic carbocycles. The first-order chi connectivity index (χ1) is 14.5.